The van der Waals surface area contributed by atoms with E-state index in [0.29, 0.717) is 12.3 Å². The first-order valence-electron chi connectivity index (χ1n) is 3.25. The summed E-state index contributed by atoms with van der Waals surface area (Å²) in [4.78, 5) is 0. The highest BCUT2D eigenvalue weighted by atomic mass is 35.5. The zero-order valence-electron chi connectivity index (χ0n) is 4.93. The van der Waals surface area contributed by atoms with Crippen molar-refractivity contribution in [2.75, 3.05) is 0 Å². The molecule has 2 bridgehead atoms. The molecule has 2 aliphatic carbocycles. The molecule has 9 heavy (non-hydrogen) atoms. The molecule has 0 heterocycles. The van der Waals surface area contributed by atoms with Crippen LogP contribution in [0.25, 0.3) is 0 Å². The predicted molar refractivity (Wildman–Crippen MR) is 35.3 cm³/mol. The van der Waals surface area contributed by atoms with E-state index in [1.54, 1.807) is 0 Å². The first-order chi connectivity index (χ1) is 4.29. The Balaban J connectivity index is 2.26. The minimum atomic E-state index is -0.664. The van der Waals surface area contributed by atoms with Crippen LogP contribution < -0.4 is 0 Å². The molecule has 0 radical (unpaired) electrons. The third kappa shape index (κ3) is 0.644. The second-order valence-corrected chi connectivity index (χ2v) is 3.33. The van der Waals surface area contributed by atoms with Crippen molar-refractivity contribution in [2.45, 2.75) is 18.0 Å². The molecule has 0 spiro atoms. The fraction of sp³-hybridized carbons (Fsp3) is 0.714. The Bertz CT molecular complexity index is 155. The number of fused-ring (bicyclic) bond motifs is 2. The molecule has 0 aliphatic heterocycles. The average molecular weight is 147 g/mol. The number of alkyl halides is 2. The van der Waals surface area contributed by atoms with Crippen LogP contribution in [-0.4, -0.2) is 11.5 Å². The lowest BCUT2D eigenvalue weighted by Crippen LogP contribution is -2.10. The fourth-order valence-electron chi connectivity index (χ4n) is 1.71. The molecule has 0 aromatic heterocycles. The molecule has 2 rings (SSSR count). The lowest BCUT2D eigenvalue weighted by atomic mass is 10.1. The number of hydrogen-bond donors (Lipinski definition) is 0. The van der Waals surface area contributed by atoms with Gasteiger partial charge in [0, 0.05) is 11.3 Å². The van der Waals surface area contributed by atoms with Gasteiger partial charge in [-0.15, -0.1) is 11.6 Å². The van der Waals surface area contributed by atoms with Gasteiger partial charge in [0.2, 0.25) is 0 Å². The van der Waals surface area contributed by atoms with Crippen molar-refractivity contribution in [1.29, 1.82) is 0 Å². The molecule has 0 amide bonds. The van der Waals surface area contributed by atoms with E-state index in [1.165, 1.54) is 0 Å². The third-order valence-electron chi connectivity index (χ3n) is 2.27. The van der Waals surface area contributed by atoms with Gasteiger partial charge < -0.3 is 0 Å². The van der Waals surface area contributed by atoms with E-state index in [2.05, 4.69) is 0 Å². The SMILES string of the molecule is F[C@H]1C[C@@H]2C=C[C@H]1C2Cl. The van der Waals surface area contributed by atoms with E-state index in [1.807, 2.05) is 12.2 Å². The van der Waals surface area contributed by atoms with Gasteiger partial charge in [-0.2, -0.15) is 0 Å². The van der Waals surface area contributed by atoms with E-state index >= 15 is 0 Å². The van der Waals surface area contributed by atoms with Gasteiger partial charge in [-0.1, -0.05) is 12.2 Å². The molecule has 4 atom stereocenters. The molecule has 0 aromatic rings. The lowest BCUT2D eigenvalue weighted by Gasteiger charge is -2.06. The van der Waals surface area contributed by atoms with Crippen LogP contribution in [0.3, 0.4) is 0 Å². The normalized spacial score (nSPS) is 54.9. The first kappa shape index (κ1) is 5.72. The van der Waals surface area contributed by atoms with E-state index < -0.39 is 6.17 Å². The van der Waals surface area contributed by atoms with Crippen LogP contribution in [0.15, 0.2) is 12.2 Å². The van der Waals surface area contributed by atoms with Crippen molar-refractivity contribution in [3.8, 4) is 0 Å². The quantitative estimate of drug-likeness (QED) is 0.363. The monoisotopic (exact) mass is 146 g/mol. The van der Waals surface area contributed by atoms with Crippen LogP contribution in [0, 0.1) is 11.8 Å². The zero-order chi connectivity index (χ0) is 6.43. The van der Waals surface area contributed by atoms with E-state index in [-0.39, 0.29) is 11.3 Å². The van der Waals surface area contributed by atoms with Crippen molar-refractivity contribution >= 4 is 11.6 Å². The fourth-order valence-corrected chi connectivity index (χ4v) is 2.14. The Morgan fingerprint density at radius 1 is 1.44 bits per heavy atom. The molecule has 0 N–H and O–H groups in total. The summed E-state index contributed by atoms with van der Waals surface area (Å²) in [6, 6.07) is 0. The highest BCUT2D eigenvalue weighted by Gasteiger charge is 2.43. The third-order valence-corrected chi connectivity index (χ3v) is 2.89. The Labute approximate surface area is 58.7 Å². The molecule has 0 aromatic carbocycles. The number of hydrogen-bond acceptors (Lipinski definition) is 0. The maximum Gasteiger partial charge on any atom is 0.108 e. The number of rotatable bonds is 0. The Morgan fingerprint density at radius 3 is 2.44 bits per heavy atom. The van der Waals surface area contributed by atoms with Gasteiger partial charge in [-0.3, -0.25) is 0 Å². The van der Waals surface area contributed by atoms with Crippen LogP contribution in [0.5, 0.6) is 0 Å². The summed E-state index contributed by atoms with van der Waals surface area (Å²) in [5.41, 5.74) is 0. The van der Waals surface area contributed by atoms with E-state index in [4.69, 9.17) is 11.6 Å². The standard InChI is InChI=1S/C7H8ClF/c8-7-4-1-2-5(7)6(9)3-4/h1-2,4-7H,3H2/t4-,5+,6-,7?/m0/s1. The van der Waals surface area contributed by atoms with Gasteiger partial charge in [-0.25, -0.2) is 4.39 Å². The maximum absolute atomic E-state index is 12.7. The molecule has 1 unspecified atom stereocenters. The van der Waals surface area contributed by atoms with Crippen LogP contribution in [0.1, 0.15) is 6.42 Å². The average Bonchev–Trinajstić information content (AvgIpc) is 2.25. The van der Waals surface area contributed by atoms with Gasteiger partial charge in [0.1, 0.15) is 6.17 Å². The van der Waals surface area contributed by atoms with Crippen molar-refractivity contribution in [3.05, 3.63) is 12.2 Å². The molecular formula is C7H8ClF. The highest BCUT2D eigenvalue weighted by molar-refractivity contribution is 6.21. The largest absolute Gasteiger partial charge is 0.247 e. The molecule has 1 fully saturated rings. The van der Waals surface area contributed by atoms with Gasteiger partial charge in [0.05, 0.1) is 0 Å². The van der Waals surface area contributed by atoms with Crippen LogP contribution in [0.4, 0.5) is 4.39 Å². The van der Waals surface area contributed by atoms with Crippen LogP contribution in [0.2, 0.25) is 0 Å². The lowest BCUT2D eigenvalue weighted by molar-refractivity contribution is 0.291. The van der Waals surface area contributed by atoms with Crippen molar-refractivity contribution < 1.29 is 4.39 Å². The van der Waals surface area contributed by atoms with Gasteiger partial charge in [0.25, 0.3) is 0 Å². The maximum atomic E-state index is 12.7. The van der Waals surface area contributed by atoms with Crippen molar-refractivity contribution in [2.24, 2.45) is 11.8 Å². The Hall–Kier alpha value is -0.0400. The first-order valence-corrected chi connectivity index (χ1v) is 3.69. The summed E-state index contributed by atoms with van der Waals surface area (Å²) in [5.74, 6) is 0.350. The molecule has 0 saturated heterocycles. The Morgan fingerprint density at radius 2 is 2.22 bits per heavy atom. The second-order valence-electron chi connectivity index (χ2n) is 2.82. The van der Waals surface area contributed by atoms with Crippen molar-refractivity contribution in [3.63, 3.8) is 0 Å². The minimum Gasteiger partial charge on any atom is -0.247 e. The van der Waals surface area contributed by atoms with Crippen LogP contribution in [-0.2, 0) is 0 Å². The smallest absolute Gasteiger partial charge is 0.108 e. The zero-order valence-corrected chi connectivity index (χ0v) is 5.68. The summed E-state index contributed by atoms with van der Waals surface area (Å²) in [7, 11) is 0. The highest BCUT2D eigenvalue weighted by Crippen LogP contribution is 2.44. The van der Waals surface area contributed by atoms with Gasteiger partial charge >= 0.3 is 0 Å². The van der Waals surface area contributed by atoms with Gasteiger partial charge in [-0.05, 0) is 12.3 Å². The molecule has 2 heteroatoms. The van der Waals surface area contributed by atoms with E-state index in [9.17, 15) is 4.39 Å². The summed E-state index contributed by atoms with van der Waals surface area (Å²) in [5, 5.41) is 0.0556. The minimum absolute atomic E-state index is 0.0247. The molecular weight excluding hydrogens is 139 g/mol. The topological polar surface area (TPSA) is 0 Å². The van der Waals surface area contributed by atoms with Crippen molar-refractivity contribution in [1.82, 2.24) is 0 Å². The van der Waals surface area contributed by atoms with E-state index in [0.717, 1.165) is 0 Å². The summed E-state index contributed by atoms with van der Waals surface area (Å²) < 4.78 is 12.7. The molecule has 1 saturated carbocycles. The molecule has 0 nitrogen and oxygen atoms in total. The summed E-state index contributed by atoms with van der Waals surface area (Å²) in [6.07, 6.45) is 3.94. The summed E-state index contributed by atoms with van der Waals surface area (Å²) in [6.45, 7) is 0. The van der Waals surface area contributed by atoms with Crippen LogP contribution >= 0.6 is 11.6 Å². The van der Waals surface area contributed by atoms with Gasteiger partial charge in [0.15, 0.2) is 0 Å². The number of halogens is 2. The predicted octanol–water partition coefficient (Wildman–Crippen LogP) is 2.14. The summed E-state index contributed by atoms with van der Waals surface area (Å²) >= 11 is 5.87. The molecule has 50 valence electrons. The number of allylic oxidation sites excluding steroid dienone is 2. The molecule has 2 aliphatic rings. The Kier molecular flexibility index (Phi) is 1.10. The second kappa shape index (κ2) is 1.72.